The minimum Gasteiger partial charge on any atom is -0.368 e. The van der Waals surface area contributed by atoms with Crippen molar-refractivity contribution in [1.82, 2.24) is 29.9 Å². The summed E-state index contributed by atoms with van der Waals surface area (Å²) in [4.78, 5) is 31.8. The molecule has 0 saturated carbocycles. The van der Waals surface area contributed by atoms with Crippen molar-refractivity contribution < 1.29 is 0 Å². The molecule has 30 heavy (non-hydrogen) atoms. The van der Waals surface area contributed by atoms with Crippen molar-refractivity contribution in [2.24, 2.45) is 0 Å². The molecule has 0 bridgehead atoms. The Balaban J connectivity index is 1.49. The predicted octanol–water partition coefficient (Wildman–Crippen LogP) is 1.65. The number of halogens is 1. The lowest BCUT2D eigenvalue weighted by Gasteiger charge is -2.32. The quantitative estimate of drug-likeness (QED) is 0.481. The second-order valence-corrected chi connectivity index (χ2v) is 8.13. The Morgan fingerprint density at radius 3 is 2.93 bits per heavy atom. The van der Waals surface area contributed by atoms with Gasteiger partial charge < -0.3 is 15.6 Å². The smallest absolute Gasteiger partial charge is 0.281 e. The minimum atomic E-state index is -0.133. The molecule has 4 heterocycles. The molecule has 1 aliphatic rings. The molecule has 1 fully saturated rings. The molecule has 0 atom stereocenters. The van der Waals surface area contributed by atoms with Crippen LogP contribution in [0.25, 0.3) is 21.3 Å². The molecule has 9 nitrogen and oxygen atoms in total. The Labute approximate surface area is 180 Å². The lowest BCUT2D eigenvalue weighted by Crippen LogP contribution is -2.54. The number of benzene rings is 1. The molecule has 154 valence electrons. The number of nitrogens with zero attached hydrogens (tertiary/aromatic N) is 6. The van der Waals surface area contributed by atoms with Crippen molar-refractivity contribution >= 4 is 50.0 Å². The minimum absolute atomic E-state index is 0.133. The second kappa shape index (κ2) is 8.13. The highest BCUT2D eigenvalue weighted by atomic mass is 35.5. The SMILES string of the molecule is O=c1c2c(Cl)cccc2nc(CCNc2ncnc3scnc23)n1N1CCNCC1. The maximum absolute atomic E-state index is 13.4. The largest absolute Gasteiger partial charge is 0.368 e. The normalized spacial score (nSPS) is 14.5. The van der Waals surface area contributed by atoms with Gasteiger partial charge in [0, 0.05) is 39.1 Å². The van der Waals surface area contributed by atoms with Crippen LogP contribution in [0.2, 0.25) is 5.02 Å². The van der Waals surface area contributed by atoms with Gasteiger partial charge in [-0.2, -0.15) is 0 Å². The Bertz CT molecular complexity index is 1270. The lowest BCUT2D eigenvalue weighted by molar-refractivity contribution is 0.467. The highest BCUT2D eigenvalue weighted by molar-refractivity contribution is 7.16. The average Bonchev–Trinajstić information content (AvgIpc) is 3.24. The number of hydrogen-bond acceptors (Lipinski definition) is 9. The average molecular weight is 443 g/mol. The van der Waals surface area contributed by atoms with Crippen LogP contribution in [0.15, 0.2) is 34.8 Å². The first kappa shape index (κ1) is 19.2. The van der Waals surface area contributed by atoms with Crippen LogP contribution in [0.5, 0.6) is 0 Å². The van der Waals surface area contributed by atoms with Crippen LogP contribution < -0.4 is 21.2 Å². The van der Waals surface area contributed by atoms with E-state index in [0.717, 1.165) is 36.5 Å². The summed E-state index contributed by atoms with van der Waals surface area (Å²) in [5, 5.41) is 9.54. The lowest BCUT2D eigenvalue weighted by atomic mass is 10.2. The fourth-order valence-corrected chi connectivity index (χ4v) is 4.53. The summed E-state index contributed by atoms with van der Waals surface area (Å²) in [6.07, 6.45) is 2.06. The van der Waals surface area contributed by atoms with E-state index < -0.39 is 0 Å². The van der Waals surface area contributed by atoms with E-state index in [-0.39, 0.29) is 5.56 Å². The van der Waals surface area contributed by atoms with Crippen molar-refractivity contribution in [1.29, 1.82) is 0 Å². The molecule has 1 saturated heterocycles. The van der Waals surface area contributed by atoms with Gasteiger partial charge in [-0.1, -0.05) is 17.7 Å². The zero-order chi connectivity index (χ0) is 20.5. The van der Waals surface area contributed by atoms with Crippen LogP contribution >= 0.6 is 22.9 Å². The summed E-state index contributed by atoms with van der Waals surface area (Å²) in [6.45, 7) is 3.63. The zero-order valence-corrected chi connectivity index (χ0v) is 17.6. The first-order valence-corrected chi connectivity index (χ1v) is 10.9. The highest BCUT2D eigenvalue weighted by Gasteiger charge is 2.19. The van der Waals surface area contributed by atoms with Crippen LogP contribution in [0.3, 0.4) is 0 Å². The Kier molecular flexibility index (Phi) is 5.19. The molecule has 0 radical (unpaired) electrons. The number of hydrogen-bond donors (Lipinski definition) is 2. The van der Waals surface area contributed by atoms with E-state index in [1.807, 2.05) is 17.1 Å². The van der Waals surface area contributed by atoms with E-state index in [2.05, 4.69) is 25.6 Å². The van der Waals surface area contributed by atoms with E-state index >= 15 is 0 Å². The molecule has 11 heteroatoms. The summed E-state index contributed by atoms with van der Waals surface area (Å²) in [7, 11) is 0. The number of thiazole rings is 1. The maximum Gasteiger partial charge on any atom is 0.281 e. The van der Waals surface area contributed by atoms with Crippen LogP contribution in [0.4, 0.5) is 5.82 Å². The summed E-state index contributed by atoms with van der Waals surface area (Å²) in [5.41, 5.74) is 2.98. The van der Waals surface area contributed by atoms with Gasteiger partial charge in [-0.25, -0.2) is 24.6 Å². The molecule has 0 aliphatic carbocycles. The van der Waals surface area contributed by atoms with Crippen molar-refractivity contribution in [3.8, 4) is 0 Å². The van der Waals surface area contributed by atoms with Crippen molar-refractivity contribution in [2.75, 3.05) is 43.0 Å². The summed E-state index contributed by atoms with van der Waals surface area (Å²) in [6, 6.07) is 5.36. The number of piperazine rings is 1. The highest BCUT2D eigenvalue weighted by Crippen LogP contribution is 2.21. The number of fused-ring (bicyclic) bond motifs is 2. The number of nitrogens with one attached hydrogen (secondary N) is 2. The topological polar surface area (TPSA) is 101 Å². The van der Waals surface area contributed by atoms with E-state index in [1.165, 1.54) is 17.7 Å². The molecule has 1 aliphatic heterocycles. The van der Waals surface area contributed by atoms with Gasteiger partial charge in [-0.15, -0.1) is 11.3 Å². The number of rotatable bonds is 5. The molecule has 2 N–H and O–H groups in total. The van der Waals surface area contributed by atoms with Gasteiger partial charge in [0.2, 0.25) is 0 Å². The van der Waals surface area contributed by atoms with Gasteiger partial charge in [0.1, 0.15) is 22.5 Å². The van der Waals surface area contributed by atoms with Gasteiger partial charge in [0.15, 0.2) is 5.82 Å². The molecular formula is C19H19ClN8OS. The predicted molar refractivity (Wildman–Crippen MR) is 119 cm³/mol. The van der Waals surface area contributed by atoms with Crippen LogP contribution in [0, 0.1) is 0 Å². The molecule has 3 aromatic heterocycles. The molecule has 5 rings (SSSR count). The van der Waals surface area contributed by atoms with E-state index in [1.54, 1.807) is 16.3 Å². The molecule has 4 aromatic rings. The first-order valence-electron chi connectivity index (χ1n) is 9.66. The Morgan fingerprint density at radius 1 is 1.20 bits per heavy atom. The summed E-state index contributed by atoms with van der Waals surface area (Å²) >= 11 is 7.81. The molecule has 1 aromatic carbocycles. The van der Waals surface area contributed by atoms with Gasteiger partial charge in [0.05, 0.1) is 21.4 Å². The third-order valence-electron chi connectivity index (χ3n) is 5.04. The van der Waals surface area contributed by atoms with Crippen molar-refractivity contribution in [3.63, 3.8) is 0 Å². The van der Waals surface area contributed by atoms with E-state index in [9.17, 15) is 4.79 Å². The molecule has 0 amide bonds. The van der Waals surface area contributed by atoms with Crippen LogP contribution in [-0.4, -0.2) is 57.3 Å². The zero-order valence-electron chi connectivity index (χ0n) is 16.0. The van der Waals surface area contributed by atoms with Gasteiger partial charge in [0.25, 0.3) is 5.56 Å². The maximum atomic E-state index is 13.4. The Hall–Kier alpha value is -2.82. The van der Waals surface area contributed by atoms with Crippen LogP contribution in [0.1, 0.15) is 5.82 Å². The fourth-order valence-electron chi connectivity index (χ4n) is 3.65. The van der Waals surface area contributed by atoms with Crippen molar-refractivity contribution in [2.45, 2.75) is 6.42 Å². The summed E-state index contributed by atoms with van der Waals surface area (Å²) in [5.74, 6) is 1.37. The number of aromatic nitrogens is 5. The Morgan fingerprint density at radius 2 is 2.07 bits per heavy atom. The molecular weight excluding hydrogens is 424 g/mol. The molecule has 0 unspecified atom stereocenters. The third-order valence-corrected chi connectivity index (χ3v) is 6.09. The summed E-state index contributed by atoms with van der Waals surface area (Å²) < 4.78 is 1.69. The van der Waals surface area contributed by atoms with Gasteiger partial charge in [-0.3, -0.25) is 4.79 Å². The molecule has 0 spiro atoms. The van der Waals surface area contributed by atoms with Crippen LogP contribution in [-0.2, 0) is 6.42 Å². The monoisotopic (exact) mass is 442 g/mol. The van der Waals surface area contributed by atoms with Gasteiger partial charge >= 0.3 is 0 Å². The first-order chi connectivity index (χ1) is 14.7. The van der Waals surface area contributed by atoms with Crippen molar-refractivity contribution in [3.05, 3.63) is 51.2 Å². The van der Waals surface area contributed by atoms with Gasteiger partial charge in [-0.05, 0) is 12.1 Å². The van der Waals surface area contributed by atoms with E-state index in [0.29, 0.717) is 40.5 Å². The number of anilines is 1. The van der Waals surface area contributed by atoms with E-state index in [4.69, 9.17) is 16.6 Å². The third kappa shape index (κ3) is 3.47. The second-order valence-electron chi connectivity index (χ2n) is 6.89. The standard InChI is InChI=1S/C19H19ClN8OS/c20-12-2-1-3-13-15(12)19(29)28(27-8-6-21-7-9-27)14(26-13)4-5-22-17-16-18(24-10-23-17)30-11-25-16/h1-3,10-11,21H,4-9H2,(H,22,23,24). The fraction of sp³-hybridized carbons (Fsp3) is 0.316.